The van der Waals surface area contributed by atoms with E-state index >= 15 is 0 Å². The SMILES string of the molecule is CNCC(=O)OCn1c(=O)ccc2ccc(OCCCCN3CCN(c4cccc(Cl)c4Cl)CC3)cc21. The molecule has 3 aromatic rings. The van der Waals surface area contributed by atoms with E-state index in [1.54, 1.807) is 13.1 Å². The number of aromatic nitrogens is 1. The summed E-state index contributed by atoms with van der Waals surface area (Å²) in [6.45, 7) is 5.32. The van der Waals surface area contributed by atoms with Gasteiger partial charge < -0.3 is 19.7 Å². The first-order chi connectivity index (χ1) is 18.0. The molecule has 0 aliphatic carbocycles. The van der Waals surface area contributed by atoms with Crippen LogP contribution >= 0.6 is 23.2 Å². The topological polar surface area (TPSA) is 76.0 Å². The van der Waals surface area contributed by atoms with Gasteiger partial charge in [0.2, 0.25) is 0 Å². The van der Waals surface area contributed by atoms with Crippen LogP contribution < -0.4 is 20.5 Å². The van der Waals surface area contributed by atoms with E-state index in [4.69, 9.17) is 32.7 Å². The summed E-state index contributed by atoms with van der Waals surface area (Å²) in [5.74, 6) is 0.258. The number of hydrogen-bond acceptors (Lipinski definition) is 7. The number of ether oxygens (including phenoxy) is 2. The lowest BCUT2D eigenvalue weighted by Crippen LogP contribution is -2.46. The molecular formula is C27H32Cl2N4O4. The fourth-order valence-electron chi connectivity index (χ4n) is 4.40. The highest BCUT2D eigenvalue weighted by Crippen LogP contribution is 2.32. The van der Waals surface area contributed by atoms with Crippen LogP contribution in [0.5, 0.6) is 5.75 Å². The van der Waals surface area contributed by atoms with E-state index in [0.29, 0.717) is 27.9 Å². The third-order valence-electron chi connectivity index (χ3n) is 6.42. The molecule has 8 nitrogen and oxygen atoms in total. The summed E-state index contributed by atoms with van der Waals surface area (Å²) in [7, 11) is 1.66. The number of benzene rings is 2. The largest absolute Gasteiger partial charge is 0.494 e. The molecule has 0 saturated carbocycles. The van der Waals surface area contributed by atoms with E-state index in [0.717, 1.165) is 56.6 Å². The Bertz CT molecular complexity index is 1270. The lowest BCUT2D eigenvalue weighted by molar-refractivity contribution is -0.146. The summed E-state index contributed by atoms with van der Waals surface area (Å²) in [5.41, 5.74) is 1.43. The quantitative estimate of drug-likeness (QED) is 0.287. The van der Waals surface area contributed by atoms with Crippen LogP contribution in [0.1, 0.15) is 12.8 Å². The number of hydrogen-bond donors (Lipinski definition) is 1. The molecule has 0 spiro atoms. The summed E-state index contributed by atoms with van der Waals surface area (Å²) < 4.78 is 12.6. The Hall–Kier alpha value is -2.78. The molecule has 0 atom stereocenters. The van der Waals surface area contributed by atoms with Crippen molar-refractivity contribution >= 4 is 45.8 Å². The van der Waals surface area contributed by atoms with E-state index in [1.807, 2.05) is 36.4 Å². The average molecular weight is 547 g/mol. The molecular weight excluding hydrogens is 515 g/mol. The Morgan fingerprint density at radius 1 is 1.03 bits per heavy atom. The number of nitrogens with zero attached hydrogens (tertiary/aromatic N) is 3. The van der Waals surface area contributed by atoms with Crippen molar-refractivity contribution in [3.63, 3.8) is 0 Å². The molecule has 0 unspecified atom stereocenters. The summed E-state index contributed by atoms with van der Waals surface area (Å²) >= 11 is 12.5. The smallest absolute Gasteiger partial charge is 0.321 e. The predicted molar refractivity (Wildman–Crippen MR) is 148 cm³/mol. The summed E-state index contributed by atoms with van der Waals surface area (Å²) in [4.78, 5) is 28.8. The highest BCUT2D eigenvalue weighted by Gasteiger charge is 2.19. The summed E-state index contributed by atoms with van der Waals surface area (Å²) in [6, 6.07) is 14.6. The van der Waals surface area contributed by atoms with Crippen molar-refractivity contribution in [2.75, 3.05) is 57.8 Å². The maximum Gasteiger partial charge on any atom is 0.321 e. The zero-order chi connectivity index (χ0) is 26.2. The van der Waals surface area contributed by atoms with E-state index in [9.17, 15) is 9.59 Å². The second-order valence-corrected chi connectivity index (χ2v) is 9.74. The highest BCUT2D eigenvalue weighted by atomic mass is 35.5. The highest BCUT2D eigenvalue weighted by molar-refractivity contribution is 6.43. The molecule has 1 aliphatic heterocycles. The fourth-order valence-corrected chi connectivity index (χ4v) is 4.81. The van der Waals surface area contributed by atoms with Gasteiger partial charge in [0.1, 0.15) is 5.75 Å². The van der Waals surface area contributed by atoms with Crippen molar-refractivity contribution in [3.8, 4) is 5.75 Å². The Morgan fingerprint density at radius 2 is 1.81 bits per heavy atom. The number of nitrogens with one attached hydrogen (secondary N) is 1. The van der Waals surface area contributed by atoms with Gasteiger partial charge in [0.15, 0.2) is 6.73 Å². The molecule has 198 valence electrons. The number of carbonyl (C=O) groups is 1. The Labute approximate surface area is 226 Å². The van der Waals surface area contributed by atoms with Gasteiger partial charge in [-0.25, -0.2) is 0 Å². The van der Waals surface area contributed by atoms with Gasteiger partial charge in [-0.05, 0) is 62.2 Å². The maximum atomic E-state index is 12.4. The number of anilines is 1. The number of pyridine rings is 1. The minimum atomic E-state index is -0.423. The zero-order valence-electron chi connectivity index (χ0n) is 20.9. The van der Waals surface area contributed by atoms with Crippen molar-refractivity contribution in [1.82, 2.24) is 14.8 Å². The number of esters is 1. The van der Waals surface area contributed by atoms with E-state index in [1.165, 1.54) is 10.6 Å². The minimum Gasteiger partial charge on any atom is -0.494 e. The molecule has 1 fully saturated rings. The molecule has 1 N–H and O–H groups in total. The molecule has 2 aromatic carbocycles. The predicted octanol–water partition coefficient (Wildman–Crippen LogP) is 4.01. The number of piperazine rings is 1. The lowest BCUT2D eigenvalue weighted by atomic mass is 10.2. The van der Waals surface area contributed by atoms with Crippen molar-refractivity contribution in [2.45, 2.75) is 19.6 Å². The van der Waals surface area contributed by atoms with Crippen molar-refractivity contribution in [2.24, 2.45) is 0 Å². The first-order valence-corrected chi connectivity index (χ1v) is 13.2. The average Bonchev–Trinajstić information content (AvgIpc) is 2.90. The summed E-state index contributed by atoms with van der Waals surface area (Å²) in [5, 5.41) is 4.81. The zero-order valence-corrected chi connectivity index (χ0v) is 22.4. The van der Waals surface area contributed by atoms with Crippen LogP contribution in [0.2, 0.25) is 10.0 Å². The van der Waals surface area contributed by atoms with Gasteiger partial charge in [-0.15, -0.1) is 0 Å². The monoisotopic (exact) mass is 546 g/mol. The van der Waals surface area contributed by atoms with E-state index in [2.05, 4.69) is 15.1 Å². The first kappa shape index (κ1) is 27.3. The van der Waals surface area contributed by atoms with Crippen LogP contribution in [-0.2, 0) is 16.3 Å². The van der Waals surface area contributed by atoms with Gasteiger partial charge in [0.05, 0.1) is 34.4 Å². The van der Waals surface area contributed by atoms with Crippen LogP contribution in [0.15, 0.2) is 53.3 Å². The molecule has 1 aliphatic rings. The van der Waals surface area contributed by atoms with Gasteiger partial charge in [-0.2, -0.15) is 0 Å². The maximum absolute atomic E-state index is 12.4. The molecule has 37 heavy (non-hydrogen) atoms. The van der Waals surface area contributed by atoms with Gasteiger partial charge in [-0.1, -0.05) is 29.3 Å². The number of fused-ring (bicyclic) bond motifs is 1. The van der Waals surface area contributed by atoms with Crippen molar-refractivity contribution in [3.05, 3.63) is 68.9 Å². The molecule has 4 rings (SSSR count). The lowest BCUT2D eigenvalue weighted by Gasteiger charge is -2.36. The molecule has 0 radical (unpaired) electrons. The molecule has 10 heteroatoms. The second-order valence-electron chi connectivity index (χ2n) is 8.95. The fraction of sp³-hybridized carbons (Fsp3) is 0.407. The number of unbranched alkanes of at least 4 members (excludes halogenated alkanes) is 1. The molecule has 1 saturated heterocycles. The van der Waals surface area contributed by atoms with E-state index in [-0.39, 0.29) is 18.8 Å². The Kier molecular flexibility index (Phi) is 9.68. The van der Waals surface area contributed by atoms with Crippen LogP contribution in [0.25, 0.3) is 10.9 Å². The van der Waals surface area contributed by atoms with Crippen LogP contribution in [0, 0.1) is 0 Å². The molecule has 0 amide bonds. The first-order valence-electron chi connectivity index (χ1n) is 12.4. The number of carbonyl (C=O) groups excluding carboxylic acids is 1. The van der Waals surface area contributed by atoms with Crippen LogP contribution in [0.4, 0.5) is 5.69 Å². The van der Waals surface area contributed by atoms with Crippen LogP contribution in [0.3, 0.4) is 0 Å². The van der Waals surface area contributed by atoms with E-state index < -0.39 is 5.97 Å². The molecule has 1 aromatic heterocycles. The standard InChI is InChI=1S/C27H32Cl2N4O4/c1-30-18-26(35)37-19-33-24-17-21(9-7-20(24)8-10-25(33)34)36-16-3-2-11-31-12-14-32(15-13-31)23-6-4-5-22(28)27(23)29/h4-10,17,30H,2-3,11-16,18-19H2,1H3. The van der Waals surface area contributed by atoms with Crippen molar-refractivity contribution < 1.29 is 14.3 Å². The Balaban J connectivity index is 1.23. The molecule has 2 heterocycles. The normalized spacial score (nSPS) is 14.2. The number of likely N-dealkylation sites (N-methyl/N-ethyl adjacent to an activating group) is 1. The second kappa shape index (κ2) is 13.1. The van der Waals surface area contributed by atoms with Gasteiger partial charge >= 0.3 is 5.97 Å². The summed E-state index contributed by atoms with van der Waals surface area (Å²) in [6.07, 6.45) is 1.94. The minimum absolute atomic E-state index is 0.0831. The Morgan fingerprint density at radius 3 is 2.59 bits per heavy atom. The van der Waals surface area contributed by atoms with Crippen molar-refractivity contribution in [1.29, 1.82) is 0 Å². The third kappa shape index (κ3) is 7.17. The number of rotatable bonds is 11. The van der Waals surface area contributed by atoms with Gasteiger partial charge in [0.25, 0.3) is 5.56 Å². The number of halogens is 2. The van der Waals surface area contributed by atoms with Gasteiger partial charge in [-0.3, -0.25) is 19.1 Å². The third-order valence-corrected chi connectivity index (χ3v) is 7.23. The molecule has 0 bridgehead atoms. The van der Waals surface area contributed by atoms with Gasteiger partial charge in [0, 0.05) is 38.3 Å². The van der Waals surface area contributed by atoms with Crippen LogP contribution in [-0.4, -0.2) is 68.4 Å².